The Labute approximate surface area is 197 Å². The van der Waals surface area contributed by atoms with Gasteiger partial charge in [-0.25, -0.2) is 4.39 Å². The number of methoxy groups -OCH3 is 1. The lowest BCUT2D eigenvalue weighted by Gasteiger charge is -2.28. The number of hydrogen-bond acceptors (Lipinski definition) is 6. The normalized spacial score (nSPS) is 13.4. The van der Waals surface area contributed by atoms with Crippen LogP contribution in [0, 0.1) is 12.7 Å². The van der Waals surface area contributed by atoms with Crippen LogP contribution in [0.1, 0.15) is 56.5 Å². The Kier molecular flexibility index (Phi) is 11.1. The summed E-state index contributed by atoms with van der Waals surface area (Å²) in [6.45, 7) is 14.4. The fourth-order valence-electron chi connectivity index (χ4n) is 3.72. The SMILES string of the molecule is CC.CCN(CCNC(C)CCCOC)C1=NCc2cc(F)ccc2Nc2sc(C)cc21. The first-order chi connectivity index (χ1) is 15.5. The number of halogens is 1. The third kappa shape index (κ3) is 7.29. The maximum Gasteiger partial charge on any atom is 0.134 e. The lowest BCUT2D eigenvalue weighted by Crippen LogP contribution is -2.40. The van der Waals surface area contributed by atoms with Crippen LogP contribution in [0.2, 0.25) is 0 Å². The molecule has 5 nitrogen and oxygen atoms in total. The number of likely N-dealkylation sites (N-methyl/N-ethyl adjacent to an activating group) is 1. The molecule has 1 aliphatic heterocycles. The van der Waals surface area contributed by atoms with Gasteiger partial charge in [-0.1, -0.05) is 13.8 Å². The molecule has 0 bridgehead atoms. The number of aliphatic imine (C=N–C) groups is 1. The van der Waals surface area contributed by atoms with E-state index >= 15 is 0 Å². The number of nitrogens with one attached hydrogen (secondary N) is 2. The van der Waals surface area contributed by atoms with Crippen molar-refractivity contribution in [3.63, 3.8) is 0 Å². The lowest BCUT2D eigenvalue weighted by molar-refractivity contribution is 0.189. The number of amidine groups is 1. The number of rotatable bonds is 9. The van der Waals surface area contributed by atoms with E-state index in [0.29, 0.717) is 12.6 Å². The largest absolute Gasteiger partial charge is 0.385 e. The fourth-order valence-corrected chi connectivity index (χ4v) is 4.64. The van der Waals surface area contributed by atoms with Gasteiger partial charge in [0.1, 0.15) is 16.7 Å². The number of ether oxygens (including phenoxy) is 1. The summed E-state index contributed by atoms with van der Waals surface area (Å²) in [4.78, 5) is 8.49. The van der Waals surface area contributed by atoms with Crippen molar-refractivity contribution in [1.29, 1.82) is 0 Å². The van der Waals surface area contributed by atoms with Crippen molar-refractivity contribution < 1.29 is 9.13 Å². The molecule has 0 saturated carbocycles. The van der Waals surface area contributed by atoms with Gasteiger partial charge >= 0.3 is 0 Å². The molecule has 2 aromatic rings. The molecule has 32 heavy (non-hydrogen) atoms. The Morgan fingerprint density at radius 1 is 1.31 bits per heavy atom. The Morgan fingerprint density at radius 3 is 2.81 bits per heavy atom. The zero-order valence-electron chi connectivity index (χ0n) is 20.4. The van der Waals surface area contributed by atoms with Crippen molar-refractivity contribution in [3.05, 3.63) is 46.1 Å². The van der Waals surface area contributed by atoms with Crippen LogP contribution in [0.5, 0.6) is 0 Å². The average Bonchev–Trinajstić information content (AvgIpc) is 3.13. The van der Waals surface area contributed by atoms with Crippen LogP contribution in [0.3, 0.4) is 0 Å². The zero-order chi connectivity index (χ0) is 23.5. The molecule has 1 aromatic carbocycles. The predicted octanol–water partition coefficient (Wildman–Crippen LogP) is 5.95. The molecule has 0 aliphatic carbocycles. The molecule has 7 heteroatoms. The standard InChI is InChI=1S/C23H33FN4OS.C2H6/c1-5-28(11-10-25-16(2)7-6-12-29-4)22-20-13-17(3)30-23(20)27-21-9-8-19(24)14-18(21)15-26-22;1-2/h8-9,13-14,16,25,27H,5-7,10-12,15H2,1-4H3;1-2H3. The molecular formula is C25H39FN4OS. The van der Waals surface area contributed by atoms with Gasteiger partial charge in [0.05, 0.1) is 12.1 Å². The minimum atomic E-state index is -0.227. The van der Waals surface area contributed by atoms with E-state index in [0.717, 1.165) is 66.7 Å². The number of nitrogens with zero attached hydrogens (tertiary/aromatic N) is 2. The highest BCUT2D eigenvalue weighted by molar-refractivity contribution is 7.16. The quantitative estimate of drug-likeness (QED) is 0.452. The van der Waals surface area contributed by atoms with Crippen molar-refractivity contribution in [3.8, 4) is 0 Å². The summed E-state index contributed by atoms with van der Waals surface area (Å²) in [5, 5.41) is 8.20. The summed E-state index contributed by atoms with van der Waals surface area (Å²) in [5.74, 6) is 0.752. The first-order valence-corrected chi connectivity index (χ1v) is 12.5. The minimum absolute atomic E-state index is 0.227. The second-order valence-corrected chi connectivity index (χ2v) is 8.99. The molecule has 0 spiro atoms. The molecule has 3 rings (SSSR count). The maximum absolute atomic E-state index is 13.8. The van der Waals surface area contributed by atoms with Gasteiger partial charge in [0, 0.05) is 50.0 Å². The number of anilines is 2. The minimum Gasteiger partial charge on any atom is -0.385 e. The van der Waals surface area contributed by atoms with E-state index in [9.17, 15) is 4.39 Å². The molecule has 1 atom stereocenters. The second-order valence-electron chi connectivity index (χ2n) is 7.74. The molecule has 2 N–H and O–H groups in total. The van der Waals surface area contributed by atoms with Crippen LogP contribution in [-0.2, 0) is 11.3 Å². The third-order valence-electron chi connectivity index (χ3n) is 5.35. The fraction of sp³-hybridized carbons (Fsp3) is 0.560. The van der Waals surface area contributed by atoms with Crippen LogP contribution in [0.15, 0.2) is 29.3 Å². The highest BCUT2D eigenvalue weighted by Crippen LogP contribution is 2.35. The number of fused-ring (bicyclic) bond motifs is 2. The Hall–Kier alpha value is -1.96. The molecule has 0 fully saturated rings. The highest BCUT2D eigenvalue weighted by atomic mass is 32.1. The van der Waals surface area contributed by atoms with Crippen LogP contribution < -0.4 is 10.6 Å². The summed E-state index contributed by atoms with van der Waals surface area (Å²) in [6.07, 6.45) is 2.16. The summed E-state index contributed by atoms with van der Waals surface area (Å²) in [5.41, 5.74) is 2.93. The van der Waals surface area contributed by atoms with Crippen molar-refractivity contribution in [2.75, 3.05) is 38.7 Å². The smallest absolute Gasteiger partial charge is 0.134 e. The highest BCUT2D eigenvalue weighted by Gasteiger charge is 2.21. The molecule has 0 amide bonds. The molecule has 0 radical (unpaired) electrons. The average molecular weight is 463 g/mol. The Morgan fingerprint density at radius 2 is 2.09 bits per heavy atom. The molecule has 1 unspecified atom stereocenters. The molecule has 1 aliphatic rings. The van der Waals surface area contributed by atoms with Gasteiger partial charge in [-0.3, -0.25) is 4.99 Å². The second kappa shape index (κ2) is 13.6. The van der Waals surface area contributed by atoms with Crippen molar-refractivity contribution in [1.82, 2.24) is 10.2 Å². The van der Waals surface area contributed by atoms with Gasteiger partial charge < -0.3 is 20.3 Å². The van der Waals surface area contributed by atoms with Crippen molar-refractivity contribution in [2.45, 2.75) is 60.0 Å². The van der Waals surface area contributed by atoms with E-state index in [4.69, 9.17) is 9.73 Å². The Bertz CT molecular complexity index is 868. The van der Waals surface area contributed by atoms with E-state index < -0.39 is 0 Å². The van der Waals surface area contributed by atoms with E-state index in [1.165, 1.54) is 10.9 Å². The van der Waals surface area contributed by atoms with Crippen molar-refractivity contribution >= 4 is 27.9 Å². The molecule has 178 valence electrons. The number of benzene rings is 1. The third-order valence-corrected chi connectivity index (χ3v) is 6.32. The Balaban J connectivity index is 0.00000176. The topological polar surface area (TPSA) is 48.9 Å². The van der Waals surface area contributed by atoms with Crippen LogP contribution in [0.25, 0.3) is 0 Å². The van der Waals surface area contributed by atoms with Crippen LogP contribution in [-0.4, -0.2) is 50.1 Å². The van der Waals surface area contributed by atoms with Gasteiger partial charge in [-0.05, 0) is 63.4 Å². The van der Waals surface area contributed by atoms with Gasteiger partial charge in [0.15, 0.2) is 0 Å². The summed E-state index contributed by atoms with van der Waals surface area (Å²) in [7, 11) is 1.75. The number of thiophene rings is 1. The van der Waals surface area contributed by atoms with E-state index in [-0.39, 0.29) is 5.82 Å². The zero-order valence-corrected chi connectivity index (χ0v) is 21.2. The monoisotopic (exact) mass is 462 g/mol. The molecule has 1 aromatic heterocycles. The van der Waals surface area contributed by atoms with Gasteiger partial charge in [-0.15, -0.1) is 11.3 Å². The van der Waals surface area contributed by atoms with Crippen LogP contribution >= 0.6 is 11.3 Å². The first kappa shape index (κ1) is 26.3. The molecular weight excluding hydrogens is 423 g/mol. The van der Waals surface area contributed by atoms with E-state index in [2.05, 4.69) is 42.4 Å². The molecule has 2 heterocycles. The number of aryl methyl sites for hydroxylation is 1. The van der Waals surface area contributed by atoms with Gasteiger partial charge in [-0.2, -0.15) is 0 Å². The number of hydrogen-bond donors (Lipinski definition) is 2. The summed E-state index contributed by atoms with van der Waals surface area (Å²) in [6, 6.07) is 7.53. The van der Waals surface area contributed by atoms with E-state index in [1.54, 1.807) is 30.6 Å². The molecule has 0 saturated heterocycles. The summed E-state index contributed by atoms with van der Waals surface area (Å²) >= 11 is 1.71. The first-order valence-electron chi connectivity index (χ1n) is 11.7. The van der Waals surface area contributed by atoms with E-state index in [1.807, 2.05) is 13.8 Å². The van der Waals surface area contributed by atoms with Crippen molar-refractivity contribution in [2.24, 2.45) is 4.99 Å². The lowest BCUT2D eigenvalue weighted by atomic mass is 10.1. The van der Waals surface area contributed by atoms with Gasteiger partial charge in [0.25, 0.3) is 0 Å². The van der Waals surface area contributed by atoms with Crippen LogP contribution in [0.4, 0.5) is 15.1 Å². The maximum atomic E-state index is 13.8. The van der Waals surface area contributed by atoms with Gasteiger partial charge in [0.2, 0.25) is 0 Å². The summed E-state index contributed by atoms with van der Waals surface area (Å²) < 4.78 is 18.9. The predicted molar refractivity (Wildman–Crippen MR) is 136 cm³/mol.